The van der Waals surface area contributed by atoms with E-state index < -0.39 is 5.82 Å². The topological polar surface area (TPSA) is 92.8 Å². The van der Waals surface area contributed by atoms with Gasteiger partial charge in [-0.15, -0.1) is 11.8 Å². The Morgan fingerprint density at radius 2 is 2.19 bits per heavy atom. The molecule has 0 atom stereocenters. The second kappa shape index (κ2) is 6.77. The molecule has 1 aliphatic rings. The minimum Gasteiger partial charge on any atom is -0.383 e. The van der Waals surface area contributed by atoms with Crippen LogP contribution in [0.25, 0.3) is 11.0 Å². The predicted molar refractivity (Wildman–Crippen MR) is 102 cm³/mol. The summed E-state index contributed by atoms with van der Waals surface area (Å²) in [5.41, 5.74) is 7.69. The zero-order valence-electron chi connectivity index (χ0n) is 14.0. The minimum atomic E-state index is -0.405. The third-order valence-corrected chi connectivity index (χ3v) is 4.87. The van der Waals surface area contributed by atoms with Gasteiger partial charge in [-0.1, -0.05) is 5.92 Å². The van der Waals surface area contributed by atoms with Gasteiger partial charge in [0.2, 0.25) is 0 Å². The van der Waals surface area contributed by atoms with Crippen molar-refractivity contribution < 1.29 is 4.39 Å². The smallest absolute Gasteiger partial charge is 0.162 e. The zero-order valence-corrected chi connectivity index (χ0v) is 14.8. The van der Waals surface area contributed by atoms with Gasteiger partial charge in [-0.3, -0.25) is 5.10 Å². The summed E-state index contributed by atoms with van der Waals surface area (Å²) in [4.78, 5) is 12.6. The van der Waals surface area contributed by atoms with Crippen LogP contribution in [-0.2, 0) is 0 Å². The van der Waals surface area contributed by atoms with Crippen molar-refractivity contribution in [2.24, 2.45) is 10.9 Å². The first kappa shape index (κ1) is 16.5. The van der Waals surface area contributed by atoms with Crippen LogP contribution in [0.3, 0.4) is 0 Å². The average molecular weight is 366 g/mol. The highest BCUT2D eigenvalue weighted by Crippen LogP contribution is 2.35. The van der Waals surface area contributed by atoms with Gasteiger partial charge in [0.05, 0.1) is 21.7 Å². The Morgan fingerprint density at radius 3 is 2.96 bits per heavy atom. The number of hydrogen-bond acceptors (Lipinski definition) is 6. The molecule has 0 radical (unpaired) electrons. The van der Waals surface area contributed by atoms with Crippen LogP contribution in [0.15, 0.2) is 29.5 Å². The molecule has 3 aromatic rings. The van der Waals surface area contributed by atoms with E-state index in [4.69, 9.17) is 5.73 Å². The van der Waals surface area contributed by atoms with Crippen molar-refractivity contribution in [3.63, 3.8) is 0 Å². The van der Waals surface area contributed by atoms with Gasteiger partial charge in [-0.05, 0) is 43.2 Å². The van der Waals surface area contributed by atoms with Crippen LogP contribution in [0.2, 0.25) is 0 Å². The second-order valence-electron chi connectivity index (χ2n) is 5.90. The summed E-state index contributed by atoms with van der Waals surface area (Å²) in [5.74, 6) is 6.08. The molecule has 8 heteroatoms. The maximum atomic E-state index is 14.1. The third-order valence-electron chi connectivity index (χ3n) is 4.03. The first-order valence-electron chi connectivity index (χ1n) is 8.04. The van der Waals surface area contributed by atoms with Crippen LogP contribution in [0, 0.1) is 23.6 Å². The molecule has 0 unspecified atom stereocenters. The van der Waals surface area contributed by atoms with Crippen LogP contribution in [0.1, 0.15) is 24.1 Å². The number of fused-ring (bicyclic) bond motifs is 1. The summed E-state index contributed by atoms with van der Waals surface area (Å²) >= 11 is 1.64. The highest BCUT2D eigenvalue weighted by Gasteiger charge is 2.27. The normalized spacial score (nSPS) is 14.3. The number of hydrogen-bond donors (Lipinski definition) is 2. The van der Waals surface area contributed by atoms with Crippen molar-refractivity contribution >= 4 is 39.3 Å². The molecule has 0 bridgehead atoms. The average Bonchev–Trinajstić information content (AvgIpc) is 3.40. The minimum absolute atomic E-state index is 0.258. The maximum absolute atomic E-state index is 14.1. The fraction of sp³-hybridized carbons (Fsp3) is 0.222. The van der Waals surface area contributed by atoms with Crippen molar-refractivity contribution in [2.75, 3.05) is 12.0 Å². The van der Waals surface area contributed by atoms with Gasteiger partial charge in [0.25, 0.3) is 0 Å². The Labute approximate surface area is 153 Å². The third kappa shape index (κ3) is 3.26. The molecule has 0 saturated heterocycles. The fourth-order valence-corrected chi connectivity index (χ4v) is 3.30. The van der Waals surface area contributed by atoms with Gasteiger partial charge in [0.15, 0.2) is 5.65 Å². The number of H-pyrrole nitrogens is 1. The van der Waals surface area contributed by atoms with E-state index in [0.717, 1.165) is 5.04 Å². The van der Waals surface area contributed by atoms with Crippen molar-refractivity contribution in [1.82, 2.24) is 20.2 Å². The van der Waals surface area contributed by atoms with Crippen LogP contribution < -0.4 is 5.73 Å². The number of thioether (sulfide) groups is 1. The Kier molecular flexibility index (Phi) is 4.31. The number of nitrogen functional groups attached to an aromatic ring is 1. The van der Waals surface area contributed by atoms with E-state index in [0.29, 0.717) is 28.3 Å². The van der Waals surface area contributed by atoms with Crippen molar-refractivity contribution in [3.8, 4) is 11.8 Å². The monoisotopic (exact) mass is 366 g/mol. The molecule has 26 heavy (non-hydrogen) atoms. The van der Waals surface area contributed by atoms with Crippen LogP contribution in [-0.4, -0.2) is 31.5 Å². The Bertz CT molecular complexity index is 1070. The van der Waals surface area contributed by atoms with E-state index >= 15 is 0 Å². The lowest BCUT2D eigenvalue weighted by atomic mass is 10.2. The molecule has 0 aliphatic heterocycles. The molecule has 1 aliphatic carbocycles. The predicted octanol–water partition coefficient (Wildman–Crippen LogP) is 3.28. The summed E-state index contributed by atoms with van der Waals surface area (Å²) < 4.78 is 14.1. The van der Waals surface area contributed by atoms with E-state index in [2.05, 4.69) is 37.0 Å². The second-order valence-corrected chi connectivity index (χ2v) is 6.72. The lowest BCUT2D eigenvalue weighted by molar-refractivity contribution is 0.624. The van der Waals surface area contributed by atoms with E-state index in [1.807, 2.05) is 6.26 Å². The molecular weight excluding hydrogens is 351 g/mol. The summed E-state index contributed by atoms with van der Waals surface area (Å²) in [6.45, 7) is 0. The molecule has 3 N–H and O–H groups in total. The number of aromatic amines is 1. The molecule has 6 nitrogen and oxygen atoms in total. The lowest BCUT2D eigenvalue weighted by Gasteiger charge is -2.02. The van der Waals surface area contributed by atoms with Gasteiger partial charge in [-0.2, -0.15) is 5.10 Å². The van der Waals surface area contributed by atoms with Gasteiger partial charge < -0.3 is 5.73 Å². The highest BCUT2D eigenvalue weighted by molar-refractivity contribution is 8.13. The van der Waals surface area contributed by atoms with E-state index in [1.165, 1.54) is 25.2 Å². The van der Waals surface area contributed by atoms with Crippen molar-refractivity contribution in [2.45, 2.75) is 12.8 Å². The Morgan fingerprint density at radius 1 is 1.35 bits per heavy atom. The first-order chi connectivity index (χ1) is 12.7. The molecule has 1 fully saturated rings. The molecule has 2 aromatic heterocycles. The van der Waals surface area contributed by atoms with Crippen LogP contribution in [0.5, 0.6) is 0 Å². The summed E-state index contributed by atoms with van der Waals surface area (Å²) in [6.07, 6.45) is 5.69. The molecule has 2 heterocycles. The van der Waals surface area contributed by atoms with Gasteiger partial charge in [0, 0.05) is 5.92 Å². The number of nitrogens with two attached hydrogens (primary N) is 1. The zero-order chi connectivity index (χ0) is 18.1. The Balaban J connectivity index is 1.70. The number of benzene rings is 1. The molecule has 0 spiro atoms. The number of aliphatic imine (C=N–C) groups is 1. The maximum Gasteiger partial charge on any atom is 0.162 e. The first-order valence-corrected chi connectivity index (χ1v) is 9.27. The largest absolute Gasteiger partial charge is 0.383 e. The molecule has 0 amide bonds. The number of rotatable bonds is 2. The van der Waals surface area contributed by atoms with Gasteiger partial charge >= 0.3 is 0 Å². The molecule has 130 valence electrons. The fourth-order valence-electron chi connectivity index (χ4n) is 2.54. The Hall–Kier alpha value is -2.92. The number of aromatic nitrogens is 4. The number of anilines is 1. The molecule has 1 aromatic carbocycles. The number of nitrogens with zero attached hydrogens (tertiary/aromatic N) is 4. The lowest BCUT2D eigenvalue weighted by Crippen LogP contribution is -1.93. The van der Waals surface area contributed by atoms with Crippen molar-refractivity contribution in [1.29, 1.82) is 0 Å². The van der Waals surface area contributed by atoms with Gasteiger partial charge in [-0.25, -0.2) is 19.4 Å². The summed E-state index contributed by atoms with van der Waals surface area (Å²) in [6, 6.07) is 4.69. The van der Waals surface area contributed by atoms with Gasteiger partial charge in [0.1, 0.15) is 23.7 Å². The summed E-state index contributed by atoms with van der Waals surface area (Å²) in [5, 5.41) is 8.44. The van der Waals surface area contributed by atoms with Crippen molar-refractivity contribution in [3.05, 3.63) is 41.6 Å². The van der Waals surface area contributed by atoms with Crippen LogP contribution in [0.4, 0.5) is 15.9 Å². The summed E-state index contributed by atoms with van der Waals surface area (Å²) in [7, 11) is 0. The standard InChI is InChI=1S/C18H15FN6S/c1-26-18(10-2-3-10)23-12-5-6-13(19)11(8-12)4-7-14-15-16(20)21-9-22-17(15)25-24-14/h5-6,8-10H,2-3H2,1H3,(H3,20,21,22,24,25)/b23-18-. The highest BCUT2D eigenvalue weighted by atomic mass is 32.2. The number of halogens is 1. The molecular formula is C18H15FN6S. The quantitative estimate of drug-likeness (QED) is 0.412. The molecule has 1 saturated carbocycles. The van der Waals surface area contributed by atoms with E-state index in [-0.39, 0.29) is 11.4 Å². The van der Waals surface area contributed by atoms with E-state index in [1.54, 1.807) is 23.9 Å². The number of nitrogens with one attached hydrogen (secondary N) is 1. The van der Waals surface area contributed by atoms with Crippen LogP contribution >= 0.6 is 11.8 Å². The SMILES string of the molecule is CS/C(=N\c1ccc(F)c(C#Cc2n[nH]c3ncnc(N)c23)c1)C1CC1. The molecule has 4 rings (SSSR count). The van der Waals surface area contributed by atoms with E-state index in [9.17, 15) is 4.39 Å².